The number of nitrogens with zero attached hydrogens (tertiary/aromatic N) is 1. The topological polar surface area (TPSA) is 106 Å². The molecule has 0 saturated carbocycles. The highest BCUT2D eigenvalue weighted by molar-refractivity contribution is 7.88. The first kappa shape index (κ1) is 19.2. The van der Waals surface area contributed by atoms with Gasteiger partial charge in [-0.25, -0.2) is 12.7 Å². The van der Waals surface area contributed by atoms with Gasteiger partial charge in [-0.2, -0.15) is 0 Å². The van der Waals surface area contributed by atoms with Gasteiger partial charge in [0.05, 0.1) is 4.88 Å². The molecule has 0 bridgehead atoms. The van der Waals surface area contributed by atoms with Crippen LogP contribution in [0.15, 0.2) is 33.8 Å². The first-order chi connectivity index (χ1) is 11.7. The van der Waals surface area contributed by atoms with Crippen LogP contribution in [0.25, 0.3) is 0 Å². The van der Waals surface area contributed by atoms with Crippen LogP contribution in [0.4, 0.5) is 0 Å². The maximum absolute atomic E-state index is 11.9. The van der Waals surface area contributed by atoms with E-state index in [9.17, 15) is 18.0 Å². The molecule has 25 heavy (non-hydrogen) atoms. The molecule has 0 aliphatic heterocycles. The van der Waals surface area contributed by atoms with E-state index in [4.69, 9.17) is 9.15 Å². The summed E-state index contributed by atoms with van der Waals surface area (Å²) in [6.07, 6.45) is 0. The number of hydrogen-bond donors (Lipinski definition) is 1. The molecule has 1 amide bonds. The lowest BCUT2D eigenvalue weighted by Crippen LogP contribution is -2.30. The molecule has 2 aromatic rings. The summed E-state index contributed by atoms with van der Waals surface area (Å²) in [6, 6.07) is 6.19. The van der Waals surface area contributed by atoms with Crippen LogP contribution < -0.4 is 5.32 Å². The van der Waals surface area contributed by atoms with E-state index >= 15 is 0 Å². The van der Waals surface area contributed by atoms with E-state index in [0.29, 0.717) is 4.88 Å². The van der Waals surface area contributed by atoms with Gasteiger partial charge >= 0.3 is 5.97 Å². The Balaban J connectivity index is 1.82. The van der Waals surface area contributed by atoms with Gasteiger partial charge < -0.3 is 14.5 Å². The first-order valence-electron chi connectivity index (χ1n) is 7.21. The number of furan rings is 1. The van der Waals surface area contributed by atoms with Crippen LogP contribution >= 0.6 is 11.3 Å². The number of ether oxygens (including phenoxy) is 1. The van der Waals surface area contributed by atoms with Crippen LogP contribution in [0.1, 0.15) is 20.3 Å². The lowest BCUT2D eigenvalue weighted by atomic mass is 10.4. The fraction of sp³-hybridized carbons (Fsp3) is 0.333. The summed E-state index contributed by atoms with van der Waals surface area (Å²) in [4.78, 5) is 25.0. The monoisotopic (exact) mass is 386 g/mol. The highest BCUT2D eigenvalue weighted by Crippen LogP contribution is 2.17. The van der Waals surface area contributed by atoms with Crippen LogP contribution in [0.2, 0.25) is 0 Å². The molecule has 0 spiro atoms. The number of amides is 1. The molecule has 0 unspecified atom stereocenters. The second-order valence-corrected chi connectivity index (χ2v) is 8.63. The Morgan fingerprint density at radius 3 is 2.56 bits per heavy atom. The highest BCUT2D eigenvalue weighted by Gasteiger charge is 2.21. The van der Waals surface area contributed by atoms with Crippen molar-refractivity contribution in [1.29, 1.82) is 0 Å². The molecule has 1 N–H and O–H groups in total. The summed E-state index contributed by atoms with van der Waals surface area (Å²) in [7, 11) is -0.906. The second-order valence-electron chi connectivity index (χ2n) is 5.26. The molecule has 10 heteroatoms. The van der Waals surface area contributed by atoms with Gasteiger partial charge in [0.15, 0.2) is 0 Å². The van der Waals surface area contributed by atoms with Crippen molar-refractivity contribution in [2.75, 3.05) is 20.6 Å². The minimum absolute atomic E-state index is 0.189. The van der Waals surface area contributed by atoms with Gasteiger partial charge in [-0.05, 0) is 31.2 Å². The smallest absolute Gasteiger partial charge is 0.325 e. The molecule has 8 nitrogen and oxygen atoms in total. The molecule has 2 aromatic heterocycles. The van der Waals surface area contributed by atoms with Crippen molar-refractivity contribution in [3.05, 3.63) is 39.8 Å². The molecule has 0 atom stereocenters. The molecular weight excluding hydrogens is 368 g/mol. The second kappa shape index (κ2) is 7.81. The number of rotatable bonds is 7. The zero-order valence-corrected chi connectivity index (χ0v) is 15.6. The van der Waals surface area contributed by atoms with E-state index in [1.807, 2.05) is 13.0 Å². The third-order valence-electron chi connectivity index (χ3n) is 3.10. The van der Waals surface area contributed by atoms with Crippen LogP contribution in [-0.2, 0) is 26.2 Å². The number of carbonyl (C=O) groups is 2. The predicted molar refractivity (Wildman–Crippen MR) is 90.8 cm³/mol. The highest BCUT2D eigenvalue weighted by atomic mass is 32.2. The molecule has 0 radical (unpaired) electrons. The summed E-state index contributed by atoms with van der Waals surface area (Å²) in [5, 5.41) is 2.22. The van der Waals surface area contributed by atoms with Crippen molar-refractivity contribution < 1.29 is 27.2 Å². The van der Waals surface area contributed by atoms with E-state index in [-0.39, 0.29) is 29.9 Å². The molecule has 2 rings (SSSR count). The Bertz CT molecular complexity index is 866. The number of thiophene rings is 1. The number of carbonyl (C=O) groups excluding carboxylic acids is 2. The summed E-state index contributed by atoms with van der Waals surface area (Å²) >= 11 is 1.33. The minimum atomic E-state index is -3.67. The fourth-order valence-corrected chi connectivity index (χ4v) is 3.35. The molecule has 0 saturated heterocycles. The number of esters is 1. The Labute approximate surface area is 149 Å². The normalized spacial score (nSPS) is 11.5. The molecule has 0 aliphatic carbocycles. The van der Waals surface area contributed by atoms with Crippen molar-refractivity contribution in [2.24, 2.45) is 0 Å². The molecular formula is C15H18N2O6S2. The molecule has 0 aromatic carbocycles. The van der Waals surface area contributed by atoms with Crippen LogP contribution in [0, 0.1) is 6.92 Å². The summed E-state index contributed by atoms with van der Waals surface area (Å²) in [5.74, 6) is -0.823. The third kappa shape index (κ3) is 4.91. The zero-order valence-electron chi connectivity index (χ0n) is 13.9. The van der Waals surface area contributed by atoms with Gasteiger partial charge in [0.2, 0.25) is 5.09 Å². The van der Waals surface area contributed by atoms with E-state index < -0.39 is 16.0 Å². The van der Waals surface area contributed by atoms with E-state index in [1.54, 1.807) is 6.07 Å². The lowest BCUT2D eigenvalue weighted by Gasteiger charge is -2.08. The Morgan fingerprint density at radius 1 is 1.24 bits per heavy atom. The SMILES string of the molecule is Cc1ccc(C(=O)NCC(=O)OCc2ccc(S(=O)(=O)N(C)C)o2)s1. The largest absolute Gasteiger partial charge is 0.456 e. The quantitative estimate of drug-likeness (QED) is 0.721. The number of sulfonamides is 1. The van der Waals surface area contributed by atoms with Gasteiger partial charge in [0, 0.05) is 19.0 Å². The zero-order chi connectivity index (χ0) is 18.6. The van der Waals surface area contributed by atoms with E-state index in [2.05, 4.69) is 5.32 Å². The van der Waals surface area contributed by atoms with Crippen molar-refractivity contribution in [3.8, 4) is 0 Å². The van der Waals surface area contributed by atoms with Crippen molar-refractivity contribution >= 4 is 33.2 Å². The first-order valence-corrected chi connectivity index (χ1v) is 9.47. The number of hydrogen-bond acceptors (Lipinski definition) is 7. The Hall–Kier alpha value is -2.17. The van der Waals surface area contributed by atoms with Gasteiger partial charge in [0.25, 0.3) is 15.9 Å². The maximum atomic E-state index is 11.9. The minimum Gasteiger partial charge on any atom is -0.456 e. The summed E-state index contributed by atoms with van der Waals surface area (Å²) in [6.45, 7) is 1.36. The van der Waals surface area contributed by atoms with Crippen molar-refractivity contribution in [3.63, 3.8) is 0 Å². The standard InChI is InChI=1S/C15H18N2O6S2/c1-10-4-6-12(24-10)15(19)16-8-13(18)22-9-11-5-7-14(23-11)25(20,21)17(2)3/h4-7H,8-9H2,1-3H3,(H,16,19). The van der Waals surface area contributed by atoms with Crippen molar-refractivity contribution in [1.82, 2.24) is 9.62 Å². The maximum Gasteiger partial charge on any atom is 0.325 e. The van der Waals surface area contributed by atoms with Crippen LogP contribution in [0.5, 0.6) is 0 Å². The molecule has 136 valence electrons. The number of aryl methyl sites for hydroxylation is 1. The Morgan fingerprint density at radius 2 is 1.96 bits per heavy atom. The summed E-state index contributed by atoms with van der Waals surface area (Å²) < 4.78 is 34.9. The van der Waals surface area contributed by atoms with Crippen LogP contribution in [0.3, 0.4) is 0 Å². The van der Waals surface area contributed by atoms with Gasteiger partial charge in [-0.3, -0.25) is 9.59 Å². The lowest BCUT2D eigenvalue weighted by molar-refractivity contribution is -0.144. The average molecular weight is 386 g/mol. The number of nitrogens with one attached hydrogen (secondary N) is 1. The third-order valence-corrected chi connectivity index (χ3v) is 5.79. The Kier molecular flexibility index (Phi) is 5.98. The fourth-order valence-electron chi connectivity index (χ4n) is 1.75. The molecule has 0 aliphatic rings. The van der Waals surface area contributed by atoms with Crippen LogP contribution in [-0.4, -0.2) is 45.2 Å². The van der Waals surface area contributed by atoms with Gasteiger partial charge in [-0.15, -0.1) is 11.3 Å². The molecule has 0 fully saturated rings. The van der Waals surface area contributed by atoms with Gasteiger partial charge in [0.1, 0.15) is 18.9 Å². The predicted octanol–water partition coefficient (Wildman–Crippen LogP) is 1.37. The van der Waals surface area contributed by atoms with Crippen molar-refractivity contribution in [2.45, 2.75) is 18.6 Å². The van der Waals surface area contributed by atoms with Gasteiger partial charge in [-0.1, -0.05) is 0 Å². The molecule has 2 heterocycles. The van der Waals surface area contributed by atoms with E-state index in [0.717, 1.165) is 9.18 Å². The van der Waals surface area contributed by atoms with E-state index in [1.165, 1.54) is 37.6 Å². The average Bonchev–Trinajstić information content (AvgIpc) is 3.19. The summed E-state index contributed by atoms with van der Waals surface area (Å²) in [5.41, 5.74) is 0.